The molecule has 7 heteroatoms. The van der Waals surface area contributed by atoms with Crippen molar-refractivity contribution in [3.05, 3.63) is 35.9 Å². The van der Waals surface area contributed by atoms with E-state index in [-0.39, 0.29) is 35.6 Å². The molecule has 3 aliphatic rings. The van der Waals surface area contributed by atoms with Crippen molar-refractivity contribution >= 4 is 23.7 Å². The van der Waals surface area contributed by atoms with Gasteiger partial charge in [0.2, 0.25) is 17.9 Å². The van der Waals surface area contributed by atoms with Crippen molar-refractivity contribution in [2.24, 2.45) is 11.8 Å². The second-order valence-electron chi connectivity index (χ2n) is 7.82. The lowest BCUT2D eigenvalue weighted by molar-refractivity contribution is -0.160. The number of rotatable bonds is 6. The zero-order valence-electron chi connectivity index (χ0n) is 15.6. The highest BCUT2D eigenvalue weighted by molar-refractivity contribution is 6.07. The third-order valence-electron chi connectivity index (χ3n) is 5.73. The molecule has 0 spiro atoms. The largest absolute Gasteiger partial charge is 0.446 e. The molecule has 1 aromatic carbocycles. The molecule has 28 heavy (non-hydrogen) atoms. The summed E-state index contributed by atoms with van der Waals surface area (Å²) in [4.78, 5) is 51.2. The van der Waals surface area contributed by atoms with Crippen molar-refractivity contribution < 1.29 is 23.9 Å². The van der Waals surface area contributed by atoms with E-state index >= 15 is 0 Å². The Kier molecular flexibility index (Phi) is 5.15. The minimum absolute atomic E-state index is 0.127. The van der Waals surface area contributed by atoms with Crippen LogP contribution in [-0.4, -0.2) is 41.2 Å². The van der Waals surface area contributed by atoms with Gasteiger partial charge in [-0.15, -0.1) is 0 Å². The van der Waals surface area contributed by atoms with Crippen molar-refractivity contribution in [2.45, 2.75) is 50.7 Å². The number of carbonyl (C=O) groups is 4. The lowest BCUT2D eigenvalue weighted by atomic mass is 9.81. The number of nitrogens with one attached hydrogen (secondary N) is 1. The molecule has 1 N–H and O–H groups in total. The molecular formula is C21H24N2O5. The minimum atomic E-state index is -1.09. The van der Waals surface area contributed by atoms with Gasteiger partial charge in [-0.3, -0.25) is 24.1 Å². The van der Waals surface area contributed by atoms with Crippen LogP contribution in [0.5, 0.6) is 0 Å². The van der Waals surface area contributed by atoms with Gasteiger partial charge in [0, 0.05) is 11.6 Å². The van der Waals surface area contributed by atoms with E-state index in [1.807, 2.05) is 6.07 Å². The van der Waals surface area contributed by atoms with E-state index in [1.165, 1.54) is 0 Å². The maximum Gasteiger partial charge on any atom is 0.327 e. The van der Waals surface area contributed by atoms with Crippen LogP contribution >= 0.6 is 0 Å². The molecule has 3 fully saturated rings. The zero-order chi connectivity index (χ0) is 19.7. The van der Waals surface area contributed by atoms with Crippen molar-refractivity contribution in [1.82, 2.24) is 10.2 Å². The molecule has 2 aliphatic carbocycles. The van der Waals surface area contributed by atoms with E-state index in [9.17, 15) is 19.2 Å². The predicted octanol–water partition coefficient (Wildman–Crippen LogP) is 1.72. The molecule has 1 aromatic rings. The monoisotopic (exact) mass is 384 g/mol. The summed E-state index contributed by atoms with van der Waals surface area (Å²) in [5, 5.41) is 2.85. The van der Waals surface area contributed by atoms with Gasteiger partial charge >= 0.3 is 5.97 Å². The first-order valence-electron chi connectivity index (χ1n) is 9.94. The van der Waals surface area contributed by atoms with Crippen LogP contribution in [-0.2, 0) is 23.9 Å². The van der Waals surface area contributed by atoms with Crippen LogP contribution in [0.15, 0.2) is 30.3 Å². The second kappa shape index (κ2) is 7.73. The summed E-state index contributed by atoms with van der Waals surface area (Å²) >= 11 is 0. The quantitative estimate of drug-likeness (QED) is 0.596. The third kappa shape index (κ3) is 3.79. The Labute approximate surface area is 163 Å². The standard InChI is InChI=1S/C21H24N2O5/c24-17(12-23-20(26)15-8-4-5-9-16(15)21(23)27)28-18(13-6-2-1-3-7-13)19(25)22-14-10-11-14/h1-3,6-7,14-16,18H,4-5,8-12H2,(H,22,25)/t15-,16-,18+/m0/s1. The topological polar surface area (TPSA) is 92.8 Å². The molecule has 0 radical (unpaired) electrons. The second-order valence-corrected chi connectivity index (χ2v) is 7.82. The van der Waals surface area contributed by atoms with Crippen LogP contribution in [0, 0.1) is 11.8 Å². The van der Waals surface area contributed by atoms with Crippen LogP contribution in [0.25, 0.3) is 0 Å². The highest BCUT2D eigenvalue weighted by Crippen LogP contribution is 2.38. The summed E-state index contributed by atoms with van der Waals surface area (Å²) in [6, 6.07) is 8.89. The van der Waals surface area contributed by atoms with Crippen LogP contribution in [0.2, 0.25) is 0 Å². The van der Waals surface area contributed by atoms with Crippen LogP contribution < -0.4 is 5.32 Å². The number of benzene rings is 1. The van der Waals surface area contributed by atoms with Crippen molar-refractivity contribution in [3.8, 4) is 0 Å². The van der Waals surface area contributed by atoms with Crippen molar-refractivity contribution in [2.75, 3.05) is 6.54 Å². The molecule has 3 amide bonds. The van der Waals surface area contributed by atoms with E-state index in [0.717, 1.165) is 30.6 Å². The first-order valence-corrected chi connectivity index (χ1v) is 9.94. The number of likely N-dealkylation sites (tertiary alicyclic amines) is 1. The molecule has 1 aliphatic heterocycles. The van der Waals surface area contributed by atoms with Gasteiger partial charge in [-0.1, -0.05) is 43.2 Å². The van der Waals surface area contributed by atoms with Gasteiger partial charge in [0.05, 0.1) is 11.8 Å². The van der Waals surface area contributed by atoms with E-state index < -0.39 is 18.6 Å². The summed E-state index contributed by atoms with van der Waals surface area (Å²) in [5.74, 6) is -2.32. The highest BCUT2D eigenvalue weighted by atomic mass is 16.5. The molecule has 4 rings (SSSR count). The summed E-state index contributed by atoms with van der Waals surface area (Å²) < 4.78 is 5.44. The van der Waals surface area contributed by atoms with E-state index in [4.69, 9.17) is 4.74 Å². The third-order valence-corrected chi connectivity index (χ3v) is 5.73. The molecule has 1 saturated heterocycles. The van der Waals surface area contributed by atoms with Crippen molar-refractivity contribution in [1.29, 1.82) is 0 Å². The SMILES string of the molecule is O=C(CN1C(=O)[C@H]2CCCC[C@@H]2C1=O)O[C@@H](C(=O)NC1CC1)c1ccccc1. The maximum absolute atomic E-state index is 12.6. The summed E-state index contributed by atoms with van der Waals surface area (Å²) in [5.41, 5.74) is 0.557. The molecule has 2 saturated carbocycles. The minimum Gasteiger partial charge on any atom is -0.446 e. The Balaban J connectivity index is 1.44. The molecule has 1 heterocycles. The zero-order valence-corrected chi connectivity index (χ0v) is 15.6. The van der Waals surface area contributed by atoms with E-state index in [0.29, 0.717) is 18.4 Å². The van der Waals surface area contributed by atoms with Gasteiger partial charge in [0.1, 0.15) is 6.54 Å². The molecule has 3 atom stereocenters. The molecule has 0 bridgehead atoms. The number of nitrogens with zero attached hydrogens (tertiary/aromatic N) is 1. The number of esters is 1. The number of ether oxygens (including phenoxy) is 1. The maximum atomic E-state index is 12.6. The van der Waals surface area contributed by atoms with Crippen LogP contribution in [0.1, 0.15) is 50.2 Å². The smallest absolute Gasteiger partial charge is 0.327 e. The Morgan fingerprint density at radius 3 is 2.18 bits per heavy atom. The molecule has 0 aromatic heterocycles. The first-order chi connectivity index (χ1) is 13.5. The van der Waals surface area contributed by atoms with Gasteiger partial charge in [0.25, 0.3) is 5.91 Å². The highest BCUT2D eigenvalue weighted by Gasteiger charge is 2.48. The van der Waals surface area contributed by atoms with Gasteiger partial charge < -0.3 is 10.1 Å². The lowest BCUT2D eigenvalue weighted by Crippen LogP contribution is -2.39. The summed E-state index contributed by atoms with van der Waals surface area (Å²) in [6.07, 6.45) is 3.98. The van der Waals surface area contributed by atoms with Gasteiger partial charge in [-0.05, 0) is 25.7 Å². The van der Waals surface area contributed by atoms with Crippen LogP contribution in [0.3, 0.4) is 0 Å². The van der Waals surface area contributed by atoms with Crippen LogP contribution in [0.4, 0.5) is 0 Å². The van der Waals surface area contributed by atoms with Crippen molar-refractivity contribution in [3.63, 3.8) is 0 Å². The number of carbonyl (C=O) groups excluding carboxylic acids is 4. The normalized spacial score (nSPS) is 25.2. The molecule has 7 nitrogen and oxygen atoms in total. The Morgan fingerprint density at radius 1 is 1.00 bits per heavy atom. The van der Waals surface area contributed by atoms with Gasteiger partial charge in [0.15, 0.2) is 0 Å². The van der Waals surface area contributed by atoms with E-state index in [1.54, 1.807) is 24.3 Å². The number of hydrogen-bond donors (Lipinski definition) is 1. The molecular weight excluding hydrogens is 360 g/mol. The van der Waals surface area contributed by atoms with Gasteiger partial charge in [-0.25, -0.2) is 0 Å². The Hall–Kier alpha value is -2.70. The van der Waals surface area contributed by atoms with Gasteiger partial charge in [-0.2, -0.15) is 0 Å². The Morgan fingerprint density at radius 2 is 1.61 bits per heavy atom. The molecule has 148 valence electrons. The summed E-state index contributed by atoms with van der Waals surface area (Å²) in [6.45, 7) is -0.440. The fourth-order valence-corrected chi connectivity index (χ4v) is 4.09. The number of amides is 3. The Bertz CT molecular complexity index is 765. The van der Waals surface area contributed by atoms with E-state index in [2.05, 4.69) is 5.32 Å². The fourth-order valence-electron chi connectivity index (χ4n) is 4.09. The molecule has 0 unspecified atom stereocenters. The number of hydrogen-bond acceptors (Lipinski definition) is 5. The number of imide groups is 1. The predicted molar refractivity (Wildman–Crippen MR) is 98.6 cm³/mol. The fraction of sp³-hybridized carbons (Fsp3) is 0.524. The number of fused-ring (bicyclic) bond motifs is 1. The summed E-state index contributed by atoms with van der Waals surface area (Å²) in [7, 11) is 0. The first kappa shape index (κ1) is 18.7. The average Bonchev–Trinajstić information content (AvgIpc) is 3.50. The lowest BCUT2D eigenvalue weighted by Gasteiger charge is -2.20. The average molecular weight is 384 g/mol.